The van der Waals surface area contributed by atoms with Crippen molar-refractivity contribution >= 4 is 39.0 Å². The topological polar surface area (TPSA) is 16.4 Å². The molecule has 1 aromatic heterocycles. The molecular formula is C36H25NO. The first kappa shape index (κ1) is 17.4. The molecule has 1 heterocycles. The van der Waals surface area contributed by atoms with E-state index in [1.165, 1.54) is 0 Å². The summed E-state index contributed by atoms with van der Waals surface area (Å²) in [5, 5.41) is 2.05. The number of anilines is 3. The standard InChI is InChI=1S/C36H25NO/c1-3-9-26(10-4-1)28-15-19-30(20-16-28)37(31-21-17-29(18-22-31)27-11-5-2-6-12-27)32-23-24-36-34(25-32)33-13-7-8-14-35(33)38-36/h1-25H/i1D,3D,4D,9D,10D. The zero-order valence-corrected chi connectivity index (χ0v) is 20.4. The molecule has 0 radical (unpaired) electrons. The quantitative estimate of drug-likeness (QED) is 0.238. The van der Waals surface area contributed by atoms with E-state index in [1.807, 2.05) is 60.7 Å². The number of benzene rings is 6. The summed E-state index contributed by atoms with van der Waals surface area (Å²) in [6.45, 7) is 0. The number of fused-ring (bicyclic) bond motifs is 3. The van der Waals surface area contributed by atoms with E-state index in [9.17, 15) is 0 Å². The Hall–Kier alpha value is -5.08. The minimum atomic E-state index is -0.400. The van der Waals surface area contributed by atoms with Crippen LogP contribution in [0.4, 0.5) is 17.1 Å². The van der Waals surface area contributed by atoms with Gasteiger partial charge in [-0.1, -0.05) is 103 Å². The highest BCUT2D eigenvalue weighted by Crippen LogP contribution is 2.39. The first-order chi connectivity index (χ1) is 20.9. The van der Waals surface area contributed by atoms with E-state index < -0.39 is 6.04 Å². The van der Waals surface area contributed by atoms with Crippen LogP contribution in [0.1, 0.15) is 6.85 Å². The molecule has 0 atom stereocenters. The zero-order valence-electron chi connectivity index (χ0n) is 25.4. The average molecular weight is 493 g/mol. The van der Waals surface area contributed by atoms with E-state index >= 15 is 0 Å². The SMILES string of the molecule is [2H]c1c([2H])c([2H])c(-c2ccc(N(c3ccc(-c4ccccc4)cc3)c3ccc4oc5ccccc5c4c3)cc2)c([2H])c1[2H]. The third kappa shape index (κ3) is 4.03. The van der Waals surface area contributed by atoms with Gasteiger partial charge >= 0.3 is 0 Å². The van der Waals surface area contributed by atoms with Crippen molar-refractivity contribution in [3.05, 3.63) is 152 Å². The minimum Gasteiger partial charge on any atom is -0.456 e. The van der Waals surface area contributed by atoms with Gasteiger partial charge in [0.05, 0.1) is 6.85 Å². The van der Waals surface area contributed by atoms with Crippen LogP contribution >= 0.6 is 0 Å². The van der Waals surface area contributed by atoms with Gasteiger partial charge in [-0.25, -0.2) is 0 Å². The molecule has 0 N–H and O–H groups in total. The van der Waals surface area contributed by atoms with Gasteiger partial charge in [-0.15, -0.1) is 0 Å². The van der Waals surface area contributed by atoms with Gasteiger partial charge in [-0.2, -0.15) is 0 Å². The second-order valence-electron chi connectivity index (χ2n) is 9.07. The molecule has 0 spiro atoms. The number of rotatable bonds is 5. The fourth-order valence-electron chi connectivity index (χ4n) is 4.91. The van der Waals surface area contributed by atoms with Crippen LogP contribution in [-0.2, 0) is 0 Å². The van der Waals surface area contributed by atoms with Crippen molar-refractivity contribution in [1.82, 2.24) is 0 Å². The van der Waals surface area contributed by atoms with E-state index in [2.05, 4.69) is 53.4 Å². The van der Waals surface area contributed by atoms with Crippen LogP contribution in [-0.4, -0.2) is 0 Å². The van der Waals surface area contributed by atoms with Crippen LogP contribution in [0.15, 0.2) is 156 Å². The Labute approximate surface area is 229 Å². The molecule has 0 saturated carbocycles. The van der Waals surface area contributed by atoms with Crippen molar-refractivity contribution in [3.63, 3.8) is 0 Å². The van der Waals surface area contributed by atoms with Gasteiger partial charge in [-0.05, 0) is 70.8 Å². The Morgan fingerprint density at radius 2 is 1.00 bits per heavy atom. The molecule has 6 aromatic carbocycles. The lowest BCUT2D eigenvalue weighted by atomic mass is 10.0. The largest absolute Gasteiger partial charge is 0.456 e. The second kappa shape index (κ2) is 9.42. The molecule has 0 saturated heterocycles. The molecule has 0 aliphatic heterocycles. The second-order valence-corrected chi connectivity index (χ2v) is 9.07. The van der Waals surface area contributed by atoms with Gasteiger partial charge in [-0.3, -0.25) is 0 Å². The predicted octanol–water partition coefficient (Wildman–Crippen LogP) is 10.4. The molecule has 7 aromatic rings. The highest BCUT2D eigenvalue weighted by atomic mass is 16.3. The van der Waals surface area contributed by atoms with Crippen molar-refractivity contribution < 1.29 is 11.3 Å². The van der Waals surface area contributed by atoms with Crippen LogP contribution in [0, 0.1) is 0 Å². The normalized spacial score (nSPS) is 13.0. The fraction of sp³-hybridized carbons (Fsp3) is 0. The van der Waals surface area contributed by atoms with Gasteiger partial charge in [0.1, 0.15) is 11.2 Å². The first-order valence-electron chi connectivity index (χ1n) is 14.9. The molecule has 2 nitrogen and oxygen atoms in total. The summed E-state index contributed by atoms with van der Waals surface area (Å²) in [6.07, 6.45) is 0. The number of hydrogen-bond acceptors (Lipinski definition) is 2. The predicted molar refractivity (Wildman–Crippen MR) is 159 cm³/mol. The lowest BCUT2D eigenvalue weighted by molar-refractivity contribution is 0.669. The molecule has 0 aliphatic carbocycles. The van der Waals surface area contributed by atoms with E-state index in [0.29, 0.717) is 5.56 Å². The van der Waals surface area contributed by atoms with Crippen LogP contribution in [0.25, 0.3) is 44.2 Å². The van der Waals surface area contributed by atoms with Crippen molar-refractivity contribution in [3.8, 4) is 22.3 Å². The lowest BCUT2D eigenvalue weighted by Gasteiger charge is -2.26. The summed E-state index contributed by atoms with van der Waals surface area (Å²) in [6, 6.07) is 38.6. The number of hydrogen-bond donors (Lipinski definition) is 0. The minimum absolute atomic E-state index is 0.183. The van der Waals surface area contributed by atoms with Crippen LogP contribution in [0.3, 0.4) is 0 Å². The van der Waals surface area contributed by atoms with Crippen molar-refractivity contribution in [2.45, 2.75) is 0 Å². The zero-order chi connectivity index (χ0) is 29.7. The molecule has 180 valence electrons. The summed E-state index contributed by atoms with van der Waals surface area (Å²) in [5.74, 6) is 0. The number of para-hydroxylation sites is 1. The van der Waals surface area contributed by atoms with E-state index in [1.54, 1.807) is 12.1 Å². The van der Waals surface area contributed by atoms with Gasteiger partial charge in [0.2, 0.25) is 0 Å². The van der Waals surface area contributed by atoms with Crippen molar-refractivity contribution in [1.29, 1.82) is 0 Å². The Morgan fingerprint density at radius 1 is 0.447 bits per heavy atom. The molecule has 0 fully saturated rings. The molecule has 0 bridgehead atoms. The van der Waals surface area contributed by atoms with Crippen LogP contribution in [0.5, 0.6) is 0 Å². The Bertz CT molecular complexity index is 2090. The molecule has 7 rings (SSSR count). The first-order valence-corrected chi connectivity index (χ1v) is 12.4. The molecule has 2 heteroatoms. The van der Waals surface area contributed by atoms with Crippen LogP contribution < -0.4 is 4.90 Å². The summed E-state index contributed by atoms with van der Waals surface area (Å²) in [7, 11) is 0. The maximum Gasteiger partial charge on any atom is 0.135 e. The molecule has 0 amide bonds. The molecule has 0 unspecified atom stereocenters. The van der Waals surface area contributed by atoms with Crippen molar-refractivity contribution in [2.24, 2.45) is 0 Å². The summed E-state index contributed by atoms with van der Waals surface area (Å²) in [5.41, 5.74) is 7.35. The number of nitrogens with zero attached hydrogens (tertiary/aromatic N) is 1. The summed E-state index contributed by atoms with van der Waals surface area (Å²) < 4.78 is 47.0. The van der Waals surface area contributed by atoms with Gasteiger partial charge in [0.25, 0.3) is 0 Å². The van der Waals surface area contributed by atoms with E-state index in [-0.39, 0.29) is 29.7 Å². The number of furan rings is 1. The highest BCUT2D eigenvalue weighted by molar-refractivity contribution is 6.06. The molecular weight excluding hydrogens is 462 g/mol. The van der Waals surface area contributed by atoms with Gasteiger partial charge in [0.15, 0.2) is 0 Å². The van der Waals surface area contributed by atoms with Crippen molar-refractivity contribution in [2.75, 3.05) is 4.90 Å². The highest BCUT2D eigenvalue weighted by Gasteiger charge is 2.16. The molecule has 38 heavy (non-hydrogen) atoms. The maximum atomic E-state index is 8.41. The molecule has 0 aliphatic rings. The summed E-state index contributed by atoms with van der Waals surface area (Å²) in [4.78, 5) is 2.14. The van der Waals surface area contributed by atoms with E-state index in [0.717, 1.165) is 50.1 Å². The third-order valence-corrected chi connectivity index (χ3v) is 6.77. The Morgan fingerprint density at radius 3 is 1.71 bits per heavy atom. The smallest absolute Gasteiger partial charge is 0.135 e. The Kier molecular flexibility index (Phi) is 4.31. The van der Waals surface area contributed by atoms with Gasteiger partial charge < -0.3 is 9.32 Å². The van der Waals surface area contributed by atoms with E-state index in [4.69, 9.17) is 11.3 Å². The average Bonchev–Trinajstić information content (AvgIpc) is 3.43. The van der Waals surface area contributed by atoms with Gasteiger partial charge in [0, 0.05) is 27.8 Å². The Balaban J connectivity index is 1.36. The summed E-state index contributed by atoms with van der Waals surface area (Å²) >= 11 is 0. The fourth-order valence-corrected chi connectivity index (χ4v) is 4.91. The van der Waals surface area contributed by atoms with Crippen LogP contribution in [0.2, 0.25) is 0 Å². The monoisotopic (exact) mass is 492 g/mol. The lowest BCUT2D eigenvalue weighted by Crippen LogP contribution is -2.09. The maximum absolute atomic E-state index is 8.41. The third-order valence-electron chi connectivity index (χ3n) is 6.77.